The first kappa shape index (κ1) is 9.57. The van der Waals surface area contributed by atoms with Crippen molar-refractivity contribution < 1.29 is 9.72 Å². The zero-order valence-corrected chi connectivity index (χ0v) is 7.82. The number of rotatable bonds is 2. The van der Waals surface area contributed by atoms with Crippen LogP contribution in [0.2, 0.25) is 0 Å². The molecule has 0 unspecified atom stereocenters. The summed E-state index contributed by atoms with van der Waals surface area (Å²) in [5.41, 5.74) is 0.0701. The van der Waals surface area contributed by atoms with E-state index in [2.05, 4.69) is 20.9 Å². The highest BCUT2D eigenvalue weighted by Gasteiger charge is 2.13. The summed E-state index contributed by atoms with van der Waals surface area (Å²) in [6.45, 7) is 0. The van der Waals surface area contributed by atoms with Gasteiger partial charge in [0.05, 0.1) is 10.6 Å². The second-order valence-corrected chi connectivity index (χ2v) is 2.86. The van der Waals surface area contributed by atoms with Crippen LogP contribution in [0.4, 0.5) is 11.4 Å². The summed E-state index contributed by atoms with van der Waals surface area (Å²) in [7, 11) is 0. The van der Waals surface area contributed by atoms with E-state index in [-0.39, 0.29) is 15.8 Å². The molecule has 6 heteroatoms. The number of carbonyl (C=O) groups excluding carboxylic acids is 1. The Bertz CT molecular complexity index is 378. The van der Waals surface area contributed by atoms with Gasteiger partial charge in [0.25, 0.3) is 5.69 Å². The lowest BCUT2D eigenvalue weighted by Crippen LogP contribution is -1.88. The largest absolute Gasteiger partial charge is 0.285 e. The first-order valence-corrected chi connectivity index (χ1v) is 3.97. The van der Waals surface area contributed by atoms with E-state index < -0.39 is 4.92 Å². The SMILES string of the molecule is O=C=Nc1cccc([N+](=O)[O-])c1Br. The zero-order chi connectivity index (χ0) is 9.84. The highest BCUT2D eigenvalue weighted by atomic mass is 79.9. The maximum absolute atomic E-state index is 10.4. The van der Waals surface area contributed by atoms with E-state index in [1.165, 1.54) is 24.3 Å². The Balaban J connectivity index is 3.34. The van der Waals surface area contributed by atoms with E-state index in [1.807, 2.05) is 0 Å². The molecule has 0 heterocycles. The van der Waals surface area contributed by atoms with Gasteiger partial charge < -0.3 is 0 Å². The summed E-state index contributed by atoms with van der Waals surface area (Å²) in [4.78, 5) is 23.1. The van der Waals surface area contributed by atoms with Crippen LogP contribution in [-0.4, -0.2) is 11.0 Å². The van der Waals surface area contributed by atoms with Crippen molar-refractivity contribution in [1.82, 2.24) is 0 Å². The van der Waals surface area contributed by atoms with Gasteiger partial charge in [0, 0.05) is 6.07 Å². The van der Waals surface area contributed by atoms with Gasteiger partial charge in [-0.3, -0.25) is 10.1 Å². The normalized spacial score (nSPS) is 9.00. The topological polar surface area (TPSA) is 72.6 Å². The molecule has 0 atom stereocenters. The smallest absolute Gasteiger partial charge is 0.258 e. The molecule has 0 saturated heterocycles. The van der Waals surface area contributed by atoms with Gasteiger partial charge in [0.15, 0.2) is 0 Å². The van der Waals surface area contributed by atoms with E-state index in [1.54, 1.807) is 0 Å². The summed E-state index contributed by atoms with van der Waals surface area (Å²) in [5.74, 6) is 0. The van der Waals surface area contributed by atoms with Crippen molar-refractivity contribution in [1.29, 1.82) is 0 Å². The van der Waals surface area contributed by atoms with Gasteiger partial charge in [-0.25, -0.2) is 4.79 Å². The minimum atomic E-state index is -0.562. The summed E-state index contributed by atoms with van der Waals surface area (Å²) >= 11 is 2.97. The van der Waals surface area contributed by atoms with Gasteiger partial charge in [0.2, 0.25) is 6.08 Å². The van der Waals surface area contributed by atoms with Crippen molar-refractivity contribution in [2.45, 2.75) is 0 Å². The highest BCUT2D eigenvalue weighted by Crippen LogP contribution is 2.33. The number of nitro groups is 1. The average Bonchev–Trinajstić information content (AvgIpc) is 2.08. The maximum Gasteiger partial charge on any atom is 0.285 e. The third kappa shape index (κ3) is 1.99. The van der Waals surface area contributed by atoms with Crippen LogP contribution in [-0.2, 0) is 4.79 Å². The lowest BCUT2D eigenvalue weighted by atomic mass is 10.3. The molecule has 13 heavy (non-hydrogen) atoms. The molecule has 0 aromatic heterocycles. The molecular weight excluding hydrogens is 240 g/mol. The predicted octanol–water partition coefficient (Wildman–Crippen LogP) is 2.32. The highest BCUT2D eigenvalue weighted by molar-refractivity contribution is 9.10. The molecule has 0 radical (unpaired) electrons. The van der Waals surface area contributed by atoms with Crippen molar-refractivity contribution in [3.63, 3.8) is 0 Å². The van der Waals surface area contributed by atoms with Crippen molar-refractivity contribution >= 4 is 33.4 Å². The first-order valence-electron chi connectivity index (χ1n) is 3.17. The van der Waals surface area contributed by atoms with Crippen LogP contribution in [0.3, 0.4) is 0 Å². The molecular formula is C7H3BrN2O3. The first-order chi connectivity index (χ1) is 6.16. The molecule has 0 saturated carbocycles. The zero-order valence-electron chi connectivity index (χ0n) is 6.23. The molecule has 1 aromatic rings. The second-order valence-electron chi connectivity index (χ2n) is 2.07. The van der Waals surface area contributed by atoms with E-state index in [0.717, 1.165) is 0 Å². The van der Waals surface area contributed by atoms with Gasteiger partial charge in [0.1, 0.15) is 4.47 Å². The van der Waals surface area contributed by atoms with Crippen LogP contribution >= 0.6 is 15.9 Å². The molecule has 5 nitrogen and oxygen atoms in total. The van der Waals surface area contributed by atoms with Crippen molar-refractivity contribution in [3.05, 3.63) is 32.8 Å². The number of halogens is 1. The lowest BCUT2D eigenvalue weighted by Gasteiger charge is -1.96. The second kappa shape index (κ2) is 3.93. The van der Waals surface area contributed by atoms with E-state index in [0.29, 0.717) is 0 Å². The van der Waals surface area contributed by atoms with Crippen LogP contribution in [0.15, 0.2) is 27.7 Å². The molecule has 0 amide bonds. The molecule has 0 bridgehead atoms. The average molecular weight is 243 g/mol. The Labute approximate surface area is 81.4 Å². The standard InChI is InChI=1S/C7H3BrN2O3/c8-7-5(9-4-11)2-1-3-6(7)10(12)13/h1-3H. The summed E-state index contributed by atoms with van der Waals surface area (Å²) < 4.78 is 0.184. The molecule has 1 rings (SSSR count). The number of hydrogen-bond acceptors (Lipinski definition) is 4. The van der Waals surface area contributed by atoms with Crippen molar-refractivity contribution in [2.75, 3.05) is 0 Å². The third-order valence-electron chi connectivity index (χ3n) is 1.32. The van der Waals surface area contributed by atoms with Gasteiger partial charge in [-0.15, -0.1) is 0 Å². The fraction of sp³-hybridized carbons (Fsp3) is 0. The van der Waals surface area contributed by atoms with Gasteiger partial charge in [-0.2, -0.15) is 4.99 Å². The molecule has 0 N–H and O–H groups in total. The van der Waals surface area contributed by atoms with E-state index >= 15 is 0 Å². The van der Waals surface area contributed by atoms with Crippen molar-refractivity contribution in [3.8, 4) is 0 Å². The molecule has 0 aliphatic rings. The molecule has 0 fully saturated rings. The number of nitrogens with zero attached hydrogens (tertiary/aromatic N) is 2. The summed E-state index contributed by atoms with van der Waals surface area (Å²) in [6, 6.07) is 4.23. The van der Waals surface area contributed by atoms with Crippen molar-refractivity contribution in [2.24, 2.45) is 4.99 Å². The Hall–Kier alpha value is -1.52. The fourth-order valence-electron chi connectivity index (χ4n) is 0.784. The van der Waals surface area contributed by atoms with Crippen LogP contribution < -0.4 is 0 Å². The lowest BCUT2D eigenvalue weighted by molar-refractivity contribution is -0.385. The van der Waals surface area contributed by atoms with Crippen LogP contribution in [0, 0.1) is 10.1 Å². The van der Waals surface area contributed by atoms with E-state index in [4.69, 9.17) is 0 Å². The molecule has 1 aromatic carbocycles. The number of hydrogen-bond donors (Lipinski definition) is 0. The monoisotopic (exact) mass is 242 g/mol. The Morgan fingerprint density at radius 3 is 2.77 bits per heavy atom. The number of isocyanates is 1. The maximum atomic E-state index is 10.4. The quantitative estimate of drug-likeness (QED) is 0.346. The third-order valence-corrected chi connectivity index (χ3v) is 2.13. The van der Waals surface area contributed by atoms with Gasteiger partial charge >= 0.3 is 0 Å². The molecule has 0 aliphatic carbocycles. The number of benzene rings is 1. The summed E-state index contributed by atoms with van der Waals surface area (Å²) in [6.07, 6.45) is 1.31. The number of aliphatic imine (C=N–C) groups is 1. The van der Waals surface area contributed by atoms with E-state index in [9.17, 15) is 14.9 Å². The number of nitro benzene ring substituents is 1. The fourth-order valence-corrected chi connectivity index (χ4v) is 1.28. The van der Waals surface area contributed by atoms with Gasteiger partial charge in [-0.1, -0.05) is 6.07 Å². The molecule has 0 aliphatic heterocycles. The van der Waals surface area contributed by atoms with Crippen LogP contribution in [0.1, 0.15) is 0 Å². The molecule has 66 valence electrons. The molecule has 0 spiro atoms. The minimum absolute atomic E-state index is 0.128. The van der Waals surface area contributed by atoms with Crippen LogP contribution in [0.5, 0.6) is 0 Å². The summed E-state index contributed by atoms with van der Waals surface area (Å²) in [5, 5.41) is 10.4. The van der Waals surface area contributed by atoms with Gasteiger partial charge in [-0.05, 0) is 22.0 Å². The Kier molecular flexibility index (Phi) is 2.89. The Morgan fingerprint density at radius 2 is 2.23 bits per heavy atom. The minimum Gasteiger partial charge on any atom is -0.258 e. The Morgan fingerprint density at radius 1 is 1.54 bits per heavy atom. The predicted molar refractivity (Wildman–Crippen MR) is 48.6 cm³/mol. The van der Waals surface area contributed by atoms with Crippen LogP contribution in [0.25, 0.3) is 0 Å².